The first-order valence-electron chi connectivity index (χ1n) is 9.29. The van der Waals surface area contributed by atoms with Gasteiger partial charge in [0.1, 0.15) is 0 Å². The molecule has 0 radical (unpaired) electrons. The van der Waals surface area contributed by atoms with E-state index in [1.54, 1.807) is 36.4 Å². The Morgan fingerprint density at radius 3 is 2.40 bits per heavy atom. The molecular weight excluding hydrogens is 442 g/mol. The summed E-state index contributed by atoms with van der Waals surface area (Å²) >= 11 is -0.635. The monoisotopic (exact) mass is 465 g/mol. The summed E-state index contributed by atoms with van der Waals surface area (Å²) in [6.07, 6.45) is 1.19. The lowest BCUT2D eigenvalue weighted by Gasteiger charge is -2.18. The standard InChI is InChI=1S/C20H23N3O4S3/c1-2-20-21-19(13-28-20)18(12-15-8-10-17(11-9-15)22-29(24)25)23-30(26,27)14-16-6-4-3-5-7-16/h3-11,13,18,22-23H,2,12,14H2,1H3,(H,24,25)/t18-/m0/s1. The van der Waals surface area contributed by atoms with Gasteiger partial charge in [-0.2, -0.15) is 0 Å². The second kappa shape index (κ2) is 10.3. The third-order valence-electron chi connectivity index (χ3n) is 4.35. The van der Waals surface area contributed by atoms with E-state index in [4.69, 9.17) is 4.55 Å². The van der Waals surface area contributed by atoms with E-state index in [1.165, 1.54) is 11.3 Å². The molecule has 2 aromatic carbocycles. The predicted octanol–water partition coefficient (Wildman–Crippen LogP) is 3.66. The van der Waals surface area contributed by atoms with Gasteiger partial charge in [-0.05, 0) is 36.1 Å². The Bertz CT molecular complexity index is 1080. The molecule has 1 heterocycles. The fraction of sp³-hybridized carbons (Fsp3) is 0.250. The normalized spacial score (nSPS) is 13.7. The number of hydrogen-bond acceptors (Lipinski definition) is 5. The highest BCUT2D eigenvalue weighted by Gasteiger charge is 2.22. The summed E-state index contributed by atoms with van der Waals surface area (Å²) in [5.41, 5.74) is 2.78. The first-order valence-corrected chi connectivity index (χ1v) is 12.9. The average molecular weight is 466 g/mol. The highest BCUT2D eigenvalue weighted by molar-refractivity contribution is 7.88. The molecule has 7 nitrogen and oxygen atoms in total. The minimum Gasteiger partial charge on any atom is -0.289 e. The van der Waals surface area contributed by atoms with Crippen molar-refractivity contribution in [1.82, 2.24) is 9.71 Å². The largest absolute Gasteiger partial charge is 0.289 e. The number of sulfonamides is 1. The van der Waals surface area contributed by atoms with Gasteiger partial charge in [0, 0.05) is 11.1 Å². The summed E-state index contributed by atoms with van der Waals surface area (Å²) in [5.74, 6) is -0.111. The summed E-state index contributed by atoms with van der Waals surface area (Å²) in [4.78, 5) is 4.58. The average Bonchev–Trinajstić information content (AvgIpc) is 3.18. The zero-order chi connectivity index (χ0) is 21.6. The van der Waals surface area contributed by atoms with Crippen molar-refractivity contribution in [2.75, 3.05) is 4.72 Å². The van der Waals surface area contributed by atoms with Crippen LogP contribution in [0.3, 0.4) is 0 Å². The molecule has 0 saturated heterocycles. The summed E-state index contributed by atoms with van der Waals surface area (Å²) in [6.45, 7) is 2.01. The highest BCUT2D eigenvalue weighted by Crippen LogP contribution is 2.24. The van der Waals surface area contributed by atoms with Crippen LogP contribution < -0.4 is 9.44 Å². The minimum atomic E-state index is -3.59. The molecule has 0 spiro atoms. The molecule has 0 aliphatic carbocycles. The molecule has 10 heteroatoms. The molecule has 0 bridgehead atoms. The van der Waals surface area contributed by atoms with E-state index >= 15 is 0 Å². The van der Waals surface area contributed by atoms with Crippen LogP contribution in [0.2, 0.25) is 0 Å². The topological polar surface area (TPSA) is 108 Å². The maximum atomic E-state index is 12.8. The lowest BCUT2D eigenvalue weighted by molar-refractivity contribution is 0.549. The zero-order valence-corrected chi connectivity index (χ0v) is 18.8. The molecule has 0 aliphatic heterocycles. The van der Waals surface area contributed by atoms with Gasteiger partial charge in [0.2, 0.25) is 10.0 Å². The fourth-order valence-corrected chi connectivity index (χ4v) is 5.44. The zero-order valence-electron chi connectivity index (χ0n) is 16.3. The molecule has 2 atom stereocenters. The maximum Gasteiger partial charge on any atom is 0.259 e. The molecule has 0 saturated carbocycles. The van der Waals surface area contributed by atoms with E-state index < -0.39 is 27.3 Å². The Morgan fingerprint density at radius 1 is 1.10 bits per heavy atom. The minimum absolute atomic E-state index is 0.111. The van der Waals surface area contributed by atoms with E-state index in [0.29, 0.717) is 23.4 Å². The van der Waals surface area contributed by atoms with Crippen molar-refractivity contribution >= 4 is 38.3 Å². The van der Waals surface area contributed by atoms with Crippen molar-refractivity contribution in [3.8, 4) is 0 Å². The fourth-order valence-electron chi connectivity index (χ4n) is 2.95. The smallest absolute Gasteiger partial charge is 0.259 e. The van der Waals surface area contributed by atoms with Crippen molar-refractivity contribution in [3.63, 3.8) is 0 Å². The van der Waals surface area contributed by atoms with E-state index in [0.717, 1.165) is 17.0 Å². The van der Waals surface area contributed by atoms with Crippen molar-refractivity contribution in [1.29, 1.82) is 0 Å². The lowest BCUT2D eigenvalue weighted by Crippen LogP contribution is -2.31. The Balaban J connectivity index is 1.80. The third kappa shape index (κ3) is 6.71. The van der Waals surface area contributed by atoms with Gasteiger partial charge < -0.3 is 0 Å². The molecule has 0 fully saturated rings. The number of benzene rings is 2. The molecule has 3 aromatic rings. The van der Waals surface area contributed by atoms with Crippen LogP contribution in [0.4, 0.5) is 5.69 Å². The molecule has 160 valence electrons. The predicted molar refractivity (Wildman–Crippen MR) is 121 cm³/mol. The number of nitrogens with one attached hydrogen (secondary N) is 2. The van der Waals surface area contributed by atoms with Crippen LogP contribution in [0.1, 0.15) is 34.8 Å². The summed E-state index contributed by atoms with van der Waals surface area (Å²) in [6, 6.07) is 15.5. The molecule has 3 rings (SSSR count). The summed E-state index contributed by atoms with van der Waals surface area (Å²) < 4.78 is 50.6. The van der Waals surface area contributed by atoms with Crippen LogP contribution in [0.5, 0.6) is 0 Å². The quantitative estimate of drug-likeness (QED) is 0.396. The number of nitrogens with zero attached hydrogens (tertiary/aromatic N) is 1. The van der Waals surface area contributed by atoms with Crippen molar-refractivity contribution < 1.29 is 17.2 Å². The van der Waals surface area contributed by atoms with Gasteiger partial charge in [0.15, 0.2) is 0 Å². The van der Waals surface area contributed by atoms with Crippen LogP contribution in [-0.2, 0) is 39.9 Å². The van der Waals surface area contributed by atoms with Crippen molar-refractivity contribution in [2.24, 2.45) is 0 Å². The van der Waals surface area contributed by atoms with Gasteiger partial charge >= 0.3 is 0 Å². The third-order valence-corrected chi connectivity index (χ3v) is 7.13. The number of thiazole rings is 1. The molecule has 0 amide bonds. The number of anilines is 1. The van der Waals surface area contributed by atoms with E-state index in [9.17, 15) is 12.6 Å². The Hall–Kier alpha value is -2.11. The molecule has 1 aromatic heterocycles. The Labute approximate surface area is 183 Å². The van der Waals surface area contributed by atoms with E-state index in [-0.39, 0.29) is 5.75 Å². The van der Waals surface area contributed by atoms with Crippen molar-refractivity contribution in [3.05, 3.63) is 81.8 Å². The number of aryl methyl sites for hydroxylation is 1. The van der Waals surface area contributed by atoms with E-state index in [1.807, 2.05) is 30.5 Å². The van der Waals surface area contributed by atoms with Crippen LogP contribution in [0.15, 0.2) is 60.0 Å². The van der Waals surface area contributed by atoms with Gasteiger partial charge in [0.05, 0.1) is 22.5 Å². The second-order valence-corrected chi connectivity index (χ2v) is 10.1. The Morgan fingerprint density at radius 2 is 1.80 bits per heavy atom. The number of hydrogen-bond donors (Lipinski definition) is 3. The molecule has 0 aliphatic rings. The Kier molecular flexibility index (Phi) is 7.73. The summed E-state index contributed by atoms with van der Waals surface area (Å²) in [7, 11) is -3.59. The van der Waals surface area contributed by atoms with Crippen LogP contribution in [-0.4, -0.2) is 22.2 Å². The maximum absolute atomic E-state index is 12.8. The number of aromatic nitrogens is 1. The van der Waals surface area contributed by atoms with Gasteiger partial charge in [-0.3, -0.25) is 9.27 Å². The molecule has 3 N–H and O–H groups in total. The van der Waals surface area contributed by atoms with Gasteiger partial charge in [0.25, 0.3) is 11.3 Å². The molecular formula is C20H23N3O4S3. The van der Waals surface area contributed by atoms with E-state index in [2.05, 4.69) is 14.4 Å². The van der Waals surface area contributed by atoms with Gasteiger partial charge in [-0.15, -0.1) is 11.3 Å². The van der Waals surface area contributed by atoms with Crippen LogP contribution in [0.25, 0.3) is 0 Å². The van der Waals surface area contributed by atoms with Crippen molar-refractivity contribution in [2.45, 2.75) is 31.6 Å². The van der Waals surface area contributed by atoms with Gasteiger partial charge in [-0.25, -0.2) is 22.3 Å². The summed E-state index contributed by atoms with van der Waals surface area (Å²) in [5, 5.41) is 2.83. The van der Waals surface area contributed by atoms with Crippen LogP contribution in [0, 0.1) is 0 Å². The van der Waals surface area contributed by atoms with Crippen LogP contribution >= 0.6 is 11.3 Å². The van der Waals surface area contributed by atoms with Gasteiger partial charge in [-0.1, -0.05) is 49.4 Å². The molecule has 30 heavy (non-hydrogen) atoms. The number of rotatable bonds is 10. The SMILES string of the molecule is CCc1nc([C@H](Cc2ccc(NS(=O)O)cc2)NS(=O)(=O)Cc2ccccc2)cs1. The highest BCUT2D eigenvalue weighted by atomic mass is 32.2. The molecule has 1 unspecified atom stereocenters. The first-order chi connectivity index (χ1) is 14.3. The lowest BCUT2D eigenvalue weighted by atomic mass is 10.0. The second-order valence-electron chi connectivity index (χ2n) is 6.69. The first kappa shape index (κ1) is 22.6.